The number of hydrogen-bond donors (Lipinski definition) is 0. The summed E-state index contributed by atoms with van der Waals surface area (Å²) >= 11 is 6.54. The lowest BCUT2D eigenvalue weighted by Crippen LogP contribution is -2.47. The highest BCUT2D eigenvalue weighted by atomic mass is 35.5. The van der Waals surface area contributed by atoms with Crippen molar-refractivity contribution >= 4 is 28.5 Å². The predicted molar refractivity (Wildman–Crippen MR) is 129 cm³/mol. The number of aromatic nitrogens is 2. The topological polar surface area (TPSA) is 41.4 Å². The summed E-state index contributed by atoms with van der Waals surface area (Å²) in [7, 11) is 2.09. The van der Waals surface area contributed by atoms with E-state index >= 15 is 0 Å². The molecule has 32 heavy (non-hydrogen) atoms. The Morgan fingerprint density at radius 1 is 0.938 bits per heavy atom. The Labute approximate surface area is 192 Å². The van der Waals surface area contributed by atoms with E-state index in [9.17, 15) is 4.79 Å². The zero-order chi connectivity index (χ0) is 22.1. The van der Waals surface area contributed by atoms with Crippen LogP contribution in [0.25, 0.3) is 22.4 Å². The molecule has 162 valence electrons. The van der Waals surface area contributed by atoms with Crippen LogP contribution in [0.3, 0.4) is 0 Å². The minimum atomic E-state index is 0.0666. The third-order valence-corrected chi connectivity index (χ3v) is 6.41. The molecule has 6 heteroatoms. The number of amides is 1. The summed E-state index contributed by atoms with van der Waals surface area (Å²) in [5.74, 6) is 0.871. The van der Waals surface area contributed by atoms with Crippen LogP contribution in [0.15, 0.2) is 72.8 Å². The van der Waals surface area contributed by atoms with Gasteiger partial charge in [0.2, 0.25) is 0 Å². The fourth-order valence-corrected chi connectivity index (χ4v) is 4.45. The van der Waals surface area contributed by atoms with Gasteiger partial charge in [-0.25, -0.2) is 4.98 Å². The van der Waals surface area contributed by atoms with Gasteiger partial charge in [-0.3, -0.25) is 4.79 Å². The minimum absolute atomic E-state index is 0.0666. The number of piperazine rings is 1. The molecule has 5 nitrogen and oxygen atoms in total. The van der Waals surface area contributed by atoms with Crippen molar-refractivity contribution in [2.75, 3.05) is 33.2 Å². The number of benzene rings is 3. The van der Waals surface area contributed by atoms with Gasteiger partial charge >= 0.3 is 0 Å². The predicted octanol–water partition coefficient (Wildman–Crippen LogP) is 4.79. The number of rotatable bonds is 4. The second kappa shape index (κ2) is 8.77. The first-order valence-electron chi connectivity index (χ1n) is 10.9. The van der Waals surface area contributed by atoms with Gasteiger partial charge in [0.25, 0.3) is 5.91 Å². The van der Waals surface area contributed by atoms with Crippen molar-refractivity contribution in [3.05, 3.63) is 88.9 Å². The van der Waals surface area contributed by atoms with Crippen LogP contribution in [0, 0.1) is 0 Å². The van der Waals surface area contributed by atoms with Crippen LogP contribution >= 0.6 is 11.6 Å². The molecule has 0 N–H and O–H groups in total. The third-order valence-electron chi connectivity index (χ3n) is 6.08. The molecule has 1 aliphatic heterocycles. The fraction of sp³-hybridized carbons (Fsp3) is 0.231. The highest BCUT2D eigenvalue weighted by molar-refractivity contribution is 6.33. The summed E-state index contributed by atoms with van der Waals surface area (Å²) in [6.07, 6.45) is 0. The van der Waals surface area contributed by atoms with E-state index < -0.39 is 0 Å². The molecular formula is C26H25ClN4O. The average molecular weight is 445 g/mol. The Hall–Kier alpha value is -3.15. The Balaban J connectivity index is 1.58. The maximum Gasteiger partial charge on any atom is 0.254 e. The summed E-state index contributed by atoms with van der Waals surface area (Å²) in [6.45, 7) is 3.97. The molecule has 3 aromatic carbocycles. The van der Waals surface area contributed by atoms with Gasteiger partial charge in [-0.05, 0) is 42.9 Å². The van der Waals surface area contributed by atoms with E-state index in [-0.39, 0.29) is 5.91 Å². The molecular weight excluding hydrogens is 420 g/mol. The number of carbonyl (C=O) groups is 1. The Bertz CT molecular complexity index is 1260. The van der Waals surface area contributed by atoms with Crippen LogP contribution in [0.5, 0.6) is 0 Å². The molecule has 1 aromatic heterocycles. The minimum Gasteiger partial charge on any atom is -0.336 e. The van der Waals surface area contributed by atoms with Crippen LogP contribution in [0.2, 0.25) is 5.02 Å². The van der Waals surface area contributed by atoms with E-state index in [4.69, 9.17) is 16.6 Å². The lowest BCUT2D eigenvalue weighted by Gasteiger charge is -2.32. The van der Waals surface area contributed by atoms with E-state index in [2.05, 4.69) is 28.6 Å². The van der Waals surface area contributed by atoms with Gasteiger partial charge in [0, 0.05) is 43.9 Å². The molecule has 0 radical (unpaired) electrons. The second-order valence-electron chi connectivity index (χ2n) is 8.29. The number of carbonyl (C=O) groups excluding carboxylic acids is 1. The molecule has 1 amide bonds. The lowest BCUT2D eigenvalue weighted by atomic mass is 10.1. The van der Waals surface area contributed by atoms with Crippen molar-refractivity contribution < 1.29 is 4.79 Å². The number of fused-ring (bicyclic) bond motifs is 1. The second-order valence-corrected chi connectivity index (χ2v) is 8.69. The average Bonchev–Trinajstić information content (AvgIpc) is 3.17. The first-order chi connectivity index (χ1) is 15.6. The first kappa shape index (κ1) is 20.7. The van der Waals surface area contributed by atoms with E-state index in [1.165, 1.54) is 5.56 Å². The molecule has 0 saturated carbocycles. The zero-order valence-electron chi connectivity index (χ0n) is 18.0. The largest absolute Gasteiger partial charge is 0.336 e. The number of hydrogen-bond acceptors (Lipinski definition) is 3. The molecule has 0 bridgehead atoms. The third kappa shape index (κ3) is 4.01. The maximum atomic E-state index is 13.1. The van der Waals surface area contributed by atoms with Gasteiger partial charge < -0.3 is 14.4 Å². The van der Waals surface area contributed by atoms with E-state index in [1.807, 2.05) is 65.6 Å². The van der Waals surface area contributed by atoms with Gasteiger partial charge in [-0.15, -0.1) is 0 Å². The number of halogens is 1. The lowest BCUT2D eigenvalue weighted by molar-refractivity contribution is 0.0664. The SMILES string of the molecule is CN1CCN(C(=O)c2ccc3c(c2)nc(-c2ccccc2Cl)n3Cc2ccccc2)CC1. The molecule has 0 unspecified atom stereocenters. The number of likely N-dealkylation sites (N-methyl/N-ethyl adjacent to an activating group) is 1. The normalized spacial score (nSPS) is 14.8. The van der Waals surface area contributed by atoms with Gasteiger partial charge in [0.1, 0.15) is 5.82 Å². The quantitative estimate of drug-likeness (QED) is 0.454. The van der Waals surface area contributed by atoms with Crippen LogP contribution in [0.1, 0.15) is 15.9 Å². The summed E-state index contributed by atoms with van der Waals surface area (Å²) in [4.78, 5) is 22.2. The number of imidazole rings is 1. The maximum absolute atomic E-state index is 13.1. The molecule has 1 aliphatic rings. The smallest absolute Gasteiger partial charge is 0.254 e. The van der Waals surface area contributed by atoms with E-state index in [0.29, 0.717) is 17.1 Å². The van der Waals surface area contributed by atoms with E-state index in [0.717, 1.165) is 48.6 Å². The molecule has 4 aromatic rings. The standard InChI is InChI=1S/C26H25ClN4O/c1-29-13-15-30(16-14-29)26(32)20-11-12-24-23(17-20)28-25(21-9-5-6-10-22(21)27)31(24)18-19-7-3-2-4-8-19/h2-12,17H,13-16,18H2,1H3. The molecule has 0 atom stereocenters. The molecule has 1 fully saturated rings. The first-order valence-corrected chi connectivity index (χ1v) is 11.2. The van der Waals surface area contributed by atoms with Crippen molar-refractivity contribution in [3.8, 4) is 11.4 Å². The van der Waals surface area contributed by atoms with E-state index in [1.54, 1.807) is 0 Å². The van der Waals surface area contributed by atoms with Crippen molar-refractivity contribution in [2.24, 2.45) is 0 Å². The van der Waals surface area contributed by atoms with Crippen LogP contribution in [-0.4, -0.2) is 58.5 Å². The fourth-order valence-electron chi connectivity index (χ4n) is 4.23. The molecule has 5 rings (SSSR count). The molecule has 0 spiro atoms. The highest BCUT2D eigenvalue weighted by Gasteiger charge is 2.22. The van der Waals surface area contributed by atoms with Gasteiger partial charge in [-0.2, -0.15) is 0 Å². The highest BCUT2D eigenvalue weighted by Crippen LogP contribution is 2.31. The van der Waals surface area contributed by atoms with Crippen molar-refractivity contribution in [3.63, 3.8) is 0 Å². The van der Waals surface area contributed by atoms with Crippen LogP contribution in [-0.2, 0) is 6.54 Å². The number of nitrogens with zero attached hydrogens (tertiary/aromatic N) is 4. The van der Waals surface area contributed by atoms with Crippen LogP contribution < -0.4 is 0 Å². The molecule has 0 aliphatic carbocycles. The summed E-state index contributed by atoms with van der Waals surface area (Å²) < 4.78 is 2.18. The van der Waals surface area contributed by atoms with Crippen LogP contribution in [0.4, 0.5) is 0 Å². The molecule has 1 saturated heterocycles. The Kier molecular flexibility index (Phi) is 5.68. The van der Waals surface area contributed by atoms with Crippen molar-refractivity contribution in [2.45, 2.75) is 6.54 Å². The Morgan fingerprint density at radius 3 is 2.41 bits per heavy atom. The van der Waals surface area contributed by atoms with Crippen molar-refractivity contribution in [1.82, 2.24) is 19.4 Å². The zero-order valence-corrected chi connectivity index (χ0v) is 18.8. The molecule has 2 heterocycles. The summed E-state index contributed by atoms with van der Waals surface area (Å²) in [5, 5.41) is 0.658. The van der Waals surface area contributed by atoms with Crippen molar-refractivity contribution in [1.29, 1.82) is 0 Å². The Morgan fingerprint density at radius 2 is 1.66 bits per heavy atom. The summed E-state index contributed by atoms with van der Waals surface area (Å²) in [6, 6.07) is 23.9. The monoisotopic (exact) mass is 444 g/mol. The summed E-state index contributed by atoms with van der Waals surface area (Å²) in [5.41, 5.74) is 4.53. The van der Waals surface area contributed by atoms with Gasteiger partial charge in [0.15, 0.2) is 0 Å². The van der Waals surface area contributed by atoms with Gasteiger partial charge in [-0.1, -0.05) is 54.1 Å². The van der Waals surface area contributed by atoms with Gasteiger partial charge in [0.05, 0.1) is 16.1 Å².